The zero-order chi connectivity index (χ0) is 23.4. The summed E-state index contributed by atoms with van der Waals surface area (Å²) in [5, 5.41) is 9.94. The van der Waals surface area contributed by atoms with Gasteiger partial charge >= 0.3 is 0 Å². The van der Waals surface area contributed by atoms with Crippen molar-refractivity contribution in [3.05, 3.63) is 131 Å². The molecule has 3 aromatic carbocycles. The molecule has 34 heavy (non-hydrogen) atoms. The van der Waals surface area contributed by atoms with Crippen molar-refractivity contribution in [2.45, 2.75) is 39.6 Å². The van der Waals surface area contributed by atoms with E-state index in [1.807, 2.05) is 91.0 Å². The molecule has 0 saturated carbocycles. The summed E-state index contributed by atoms with van der Waals surface area (Å²) in [7, 11) is 0. The summed E-state index contributed by atoms with van der Waals surface area (Å²) < 4.78 is 18.2. The van der Waals surface area contributed by atoms with Crippen LogP contribution in [0.5, 0.6) is 5.75 Å². The molecular weight excluding hydrogens is 426 g/mol. The maximum absolute atomic E-state index is 9.94. The normalized spacial score (nSPS) is 10.9. The van der Waals surface area contributed by atoms with Gasteiger partial charge in [-0.05, 0) is 16.7 Å². The molecule has 1 heterocycles. The summed E-state index contributed by atoms with van der Waals surface area (Å²) in [5.74, 6) is 0.556. The zero-order valence-corrected chi connectivity index (χ0v) is 19.1. The van der Waals surface area contributed by atoms with E-state index < -0.39 is 0 Å². The molecule has 4 aromatic rings. The molecule has 174 valence electrons. The average Bonchev–Trinajstić information content (AvgIpc) is 2.90. The zero-order valence-electron chi connectivity index (χ0n) is 19.1. The fraction of sp³-hybridized carbons (Fsp3) is 0.207. The summed E-state index contributed by atoms with van der Waals surface area (Å²) in [6, 6.07) is 30.0. The maximum atomic E-state index is 9.94. The molecule has 0 atom stereocenters. The van der Waals surface area contributed by atoms with E-state index in [4.69, 9.17) is 14.2 Å². The van der Waals surface area contributed by atoms with E-state index in [1.165, 1.54) is 0 Å². The van der Waals surface area contributed by atoms with Gasteiger partial charge in [-0.1, -0.05) is 91.0 Å². The molecule has 0 spiro atoms. The predicted octanol–water partition coefficient (Wildman–Crippen LogP) is 5.59. The lowest BCUT2D eigenvalue weighted by Crippen LogP contribution is -2.10. The van der Waals surface area contributed by atoms with Crippen molar-refractivity contribution >= 4 is 0 Å². The first kappa shape index (κ1) is 23.6. The van der Waals surface area contributed by atoms with Crippen LogP contribution in [0, 0.1) is 0 Å². The lowest BCUT2D eigenvalue weighted by molar-refractivity contribution is 0.0905. The molecule has 0 amide bonds. The largest absolute Gasteiger partial charge is 0.487 e. The number of hydrogen-bond acceptors (Lipinski definition) is 5. The monoisotopic (exact) mass is 455 g/mol. The van der Waals surface area contributed by atoms with E-state index in [-0.39, 0.29) is 6.61 Å². The molecule has 0 aliphatic rings. The minimum Gasteiger partial charge on any atom is -0.487 e. The van der Waals surface area contributed by atoms with Crippen LogP contribution in [0.1, 0.15) is 33.5 Å². The Hall–Kier alpha value is -3.51. The lowest BCUT2D eigenvalue weighted by atomic mass is 10.1. The maximum Gasteiger partial charge on any atom is 0.149 e. The fourth-order valence-corrected chi connectivity index (χ4v) is 3.61. The van der Waals surface area contributed by atoms with Gasteiger partial charge in [-0.25, -0.2) is 0 Å². The van der Waals surface area contributed by atoms with Crippen molar-refractivity contribution in [1.82, 2.24) is 4.98 Å². The van der Waals surface area contributed by atoms with Crippen LogP contribution in [0.4, 0.5) is 0 Å². The standard InChI is InChI=1S/C29H29NO4/c31-17-28-29(34-20-25-14-8-3-9-15-25)27(22-33-19-24-12-6-2-7-13-24)26(16-30-28)21-32-18-23-10-4-1-5-11-23/h1-16,31H,17-22H2. The van der Waals surface area contributed by atoms with Crippen molar-refractivity contribution in [3.8, 4) is 5.75 Å². The van der Waals surface area contributed by atoms with Crippen LogP contribution in [0.2, 0.25) is 0 Å². The molecule has 5 heteroatoms. The summed E-state index contributed by atoms with van der Waals surface area (Å²) in [6.45, 7) is 1.79. The van der Waals surface area contributed by atoms with Crippen LogP contribution in [0.3, 0.4) is 0 Å². The minimum absolute atomic E-state index is 0.221. The van der Waals surface area contributed by atoms with Gasteiger partial charge in [-0.2, -0.15) is 0 Å². The van der Waals surface area contributed by atoms with Crippen molar-refractivity contribution < 1.29 is 19.3 Å². The Balaban J connectivity index is 1.53. The highest BCUT2D eigenvalue weighted by molar-refractivity contribution is 5.42. The molecule has 0 radical (unpaired) electrons. The van der Waals surface area contributed by atoms with Gasteiger partial charge in [-0.15, -0.1) is 0 Å². The summed E-state index contributed by atoms with van der Waals surface area (Å²) >= 11 is 0. The number of pyridine rings is 1. The van der Waals surface area contributed by atoms with Gasteiger partial charge in [0.15, 0.2) is 0 Å². The Bertz CT molecular complexity index is 1130. The third-order valence-electron chi connectivity index (χ3n) is 5.40. The molecule has 1 N–H and O–H groups in total. The highest BCUT2D eigenvalue weighted by Gasteiger charge is 2.17. The number of nitrogens with zero attached hydrogens (tertiary/aromatic N) is 1. The Morgan fingerprint density at radius 3 is 1.62 bits per heavy atom. The molecule has 5 nitrogen and oxygen atoms in total. The number of aliphatic hydroxyl groups excluding tert-OH is 1. The Morgan fingerprint density at radius 2 is 1.09 bits per heavy atom. The van der Waals surface area contributed by atoms with Crippen LogP contribution in [0.15, 0.2) is 97.2 Å². The summed E-state index contributed by atoms with van der Waals surface area (Å²) in [4.78, 5) is 4.45. The van der Waals surface area contributed by atoms with Gasteiger partial charge in [0.1, 0.15) is 18.1 Å². The number of ether oxygens (including phenoxy) is 3. The van der Waals surface area contributed by atoms with Gasteiger partial charge < -0.3 is 19.3 Å². The number of benzene rings is 3. The highest BCUT2D eigenvalue weighted by atomic mass is 16.5. The molecule has 0 saturated heterocycles. The average molecular weight is 456 g/mol. The predicted molar refractivity (Wildman–Crippen MR) is 131 cm³/mol. The Labute approximate surface area is 200 Å². The van der Waals surface area contributed by atoms with Crippen LogP contribution in [0.25, 0.3) is 0 Å². The van der Waals surface area contributed by atoms with E-state index in [1.54, 1.807) is 6.20 Å². The molecule has 0 unspecified atom stereocenters. The SMILES string of the molecule is OCc1ncc(COCc2ccccc2)c(COCc2ccccc2)c1OCc1ccccc1. The van der Waals surface area contributed by atoms with Gasteiger partial charge in [0.2, 0.25) is 0 Å². The molecular formula is C29H29NO4. The van der Waals surface area contributed by atoms with Gasteiger partial charge in [0.25, 0.3) is 0 Å². The Kier molecular flexibility index (Phi) is 8.80. The number of aliphatic hydroxyl groups is 1. The summed E-state index contributed by atoms with van der Waals surface area (Å²) in [6.07, 6.45) is 1.74. The van der Waals surface area contributed by atoms with E-state index in [2.05, 4.69) is 4.98 Å². The minimum atomic E-state index is -0.221. The van der Waals surface area contributed by atoms with Gasteiger partial charge in [0, 0.05) is 17.3 Å². The smallest absolute Gasteiger partial charge is 0.149 e. The third-order valence-corrected chi connectivity index (χ3v) is 5.40. The highest BCUT2D eigenvalue weighted by Crippen LogP contribution is 2.29. The number of rotatable bonds is 12. The van der Waals surface area contributed by atoms with Crippen LogP contribution in [-0.4, -0.2) is 10.1 Å². The van der Waals surface area contributed by atoms with E-state index in [0.29, 0.717) is 44.5 Å². The quantitative estimate of drug-likeness (QED) is 0.302. The van der Waals surface area contributed by atoms with E-state index >= 15 is 0 Å². The second-order valence-electron chi connectivity index (χ2n) is 7.93. The second kappa shape index (κ2) is 12.7. The first-order chi connectivity index (χ1) is 16.8. The molecule has 0 fully saturated rings. The van der Waals surface area contributed by atoms with Crippen LogP contribution < -0.4 is 4.74 Å². The van der Waals surface area contributed by atoms with Gasteiger partial charge in [0.05, 0.1) is 33.0 Å². The van der Waals surface area contributed by atoms with Crippen molar-refractivity contribution in [3.63, 3.8) is 0 Å². The van der Waals surface area contributed by atoms with Crippen molar-refractivity contribution in [2.75, 3.05) is 0 Å². The molecule has 1 aromatic heterocycles. The van der Waals surface area contributed by atoms with E-state index in [9.17, 15) is 5.11 Å². The summed E-state index contributed by atoms with van der Waals surface area (Å²) in [5.41, 5.74) is 5.44. The van der Waals surface area contributed by atoms with E-state index in [0.717, 1.165) is 27.8 Å². The first-order valence-electron chi connectivity index (χ1n) is 11.3. The Morgan fingerprint density at radius 1 is 0.588 bits per heavy atom. The number of aromatic nitrogens is 1. The topological polar surface area (TPSA) is 60.8 Å². The lowest BCUT2D eigenvalue weighted by Gasteiger charge is -2.18. The first-order valence-corrected chi connectivity index (χ1v) is 11.3. The second-order valence-corrected chi connectivity index (χ2v) is 7.93. The van der Waals surface area contributed by atoms with Crippen molar-refractivity contribution in [2.24, 2.45) is 0 Å². The van der Waals surface area contributed by atoms with Gasteiger partial charge in [-0.3, -0.25) is 4.98 Å². The number of hydrogen-bond donors (Lipinski definition) is 1. The fourth-order valence-electron chi connectivity index (χ4n) is 3.61. The third kappa shape index (κ3) is 6.75. The van der Waals surface area contributed by atoms with Crippen LogP contribution >= 0.6 is 0 Å². The molecule has 0 aliphatic carbocycles. The van der Waals surface area contributed by atoms with Crippen LogP contribution in [-0.2, 0) is 49.1 Å². The molecule has 0 bridgehead atoms. The molecule has 4 rings (SSSR count). The molecule has 0 aliphatic heterocycles. The van der Waals surface area contributed by atoms with Crippen molar-refractivity contribution in [1.29, 1.82) is 0 Å².